The van der Waals surface area contributed by atoms with Gasteiger partial charge in [-0.05, 0) is 31.9 Å². The Morgan fingerprint density at radius 1 is 1.38 bits per heavy atom. The van der Waals surface area contributed by atoms with E-state index in [1.165, 1.54) is 0 Å². The Balaban J connectivity index is 1.74. The van der Waals surface area contributed by atoms with Gasteiger partial charge in [0.2, 0.25) is 0 Å². The first-order valence-corrected chi connectivity index (χ1v) is 7.30. The number of urea groups is 1. The first kappa shape index (κ1) is 15.3. The number of ether oxygens (including phenoxy) is 1. The molecule has 0 unspecified atom stereocenters. The highest BCUT2D eigenvalue weighted by atomic mass is 16.5. The van der Waals surface area contributed by atoms with Crippen molar-refractivity contribution in [2.45, 2.75) is 26.3 Å². The van der Waals surface area contributed by atoms with Crippen LogP contribution in [-0.2, 0) is 16.1 Å². The van der Waals surface area contributed by atoms with E-state index in [0.29, 0.717) is 39.1 Å². The largest absolute Gasteiger partial charge is 0.466 e. The van der Waals surface area contributed by atoms with Gasteiger partial charge in [0.1, 0.15) is 0 Å². The number of aromatic nitrogens is 1. The van der Waals surface area contributed by atoms with Gasteiger partial charge in [0.25, 0.3) is 0 Å². The Bertz CT molecular complexity index is 470. The predicted molar refractivity (Wildman–Crippen MR) is 77.4 cm³/mol. The lowest BCUT2D eigenvalue weighted by molar-refractivity contribution is -0.149. The molecule has 1 saturated heterocycles. The summed E-state index contributed by atoms with van der Waals surface area (Å²) in [5.41, 5.74) is 0.826. The van der Waals surface area contributed by atoms with Crippen LogP contribution >= 0.6 is 0 Å². The number of nitrogens with one attached hydrogen (secondary N) is 1. The maximum Gasteiger partial charge on any atom is 0.317 e. The molecule has 0 saturated carbocycles. The SMILES string of the molecule is CCOC(=O)C1CCN(C(=O)NCc2ccccn2)CC1. The molecule has 2 heterocycles. The number of likely N-dealkylation sites (tertiary alicyclic amines) is 1. The molecule has 0 spiro atoms. The number of rotatable bonds is 4. The second kappa shape index (κ2) is 7.61. The van der Waals surface area contributed by atoms with E-state index >= 15 is 0 Å². The molecular weight excluding hydrogens is 270 g/mol. The molecule has 0 atom stereocenters. The van der Waals surface area contributed by atoms with Crippen LogP contribution in [-0.4, -0.2) is 41.6 Å². The maximum absolute atomic E-state index is 12.0. The number of carbonyl (C=O) groups is 2. The average Bonchev–Trinajstić information content (AvgIpc) is 2.54. The third-order valence-corrected chi connectivity index (χ3v) is 3.55. The van der Waals surface area contributed by atoms with E-state index in [0.717, 1.165) is 5.69 Å². The van der Waals surface area contributed by atoms with Gasteiger partial charge in [0.15, 0.2) is 0 Å². The lowest BCUT2D eigenvalue weighted by Crippen LogP contribution is -2.45. The zero-order valence-corrected chi connectivity index (χ0v) is 12.2. The lowest BCUT2D eigenvalue weighted by Gasteiger charge is -2.30. The first-order valence-electron chi connectivity index (χ1n) is 7.30. The van der Waals surface area contributed by atoms with Crippen molar-refractivity contribution in [2.75, 3.05) is 19.7 Å². The van der Waals surface area contributed by atoms with Crippen molar-refractivity contribution in [1.82, 2.24) is 15.2 Å². The fourth-order valence-electron chi connectivity index (χ4n) is 2.36. The quantitative estimate of drug-likeness (QED) is 0.855. The number of pyridine rings is 1. The molecule has 6 heteroatoms. The average molecular weight is 291 g/mol. The predicted octanol–water partition coefficient (Wildman–Crippen LogP) is 1.57. The standard InChI is InChI=1S/C15H21N3O3/c1-2-21-14(19)12-6-9-18(10-7-12)15(20)17-11-13-5-3-4-8-16-13/h3-5,8,12H,2,6-7,9-11H2,1H3,(H,17,20). The number of hydrogen-bond donors (Lipinski definition) is 1. The second-order valence-electron chi connectivity index (χ2n) is 4.99. The fraction of sp³-hybridized carbons (Fsp3) is 0.533. The summed E-state index contributed by atoms with van der Waals surface area (Å²) in [7, 11) is 0. The van der Waals surface area contributed by atoms with Gasteiger partial charge in [0.05, 0.1) is 24.8 Å². The number of esters is 1. The number of nitrogens with zero attached hydrogens (tertiary/aromatic N) is 2. The highest BCUT2D eigenvalue weighted by Crippen LogP contribution is 2.18. The fourth-order valence-corrected chi connectivity index (χ4v) is 2.36. The van der Waals surface area contributed by atoms with Gasteiger partial charge in [-0.2, -0.15) is 0 Å². The molecule has 21 heavy (non-hydrogen) atoms. The van der Waals surface area contributed by atoms with E-state index in [2.05, 4.69) is 10.3 Å². The summed E-state index contributed by atoms with van der Waals surface area (Å²) in [6.45, 7) is 3.79. The third kappa shape index (κ3) is 4.44. The zero-order valence-electron chi connectivity index (χ0n) is 12.2. The molecule has 1 aliphatic heterocycles. The van der Waals surface area contributed by atoms with Crippen molar-refractivity contribution in [2.24, 2.45) is 5.92 Å². The first-order chi connectivity index (χ1) is 10.2. The van der Waals surface area contributed by atoms with Crippen LogP contribution < -0.4 is 5.32 Å². The summed E-state index contributed by atoms with van der Waals surface area (Å²) in [6.07, 6.45) is 3.03. The molecule has 1 N–H and O–H groups in total. The Morgan fingerprint density at radius 2 is 2.14 bits per heavy atom. The Kier molecular flexibility index (Phi) is 5.54. The third-order valence-electron chi connectivity index (χ3n) is 3.55. The van der Waals surface area contributed by atoms with Crippen molar-refractivity contribution in [1.29, 1.82) is 0 Å². The monoisotopic (exact) mass is 291 g/mol. The number of amides is 2. The summed E-state index contributed by atoms with van der Waals surface area (Å²) >= 11 is 0. The smallest absolute Gasteiger partial charge is 0.317 e. The minimum Gasteiger partial charge on any atom is -0.466 e. The van der Waals surface area contributed by atoms with E-state index < -0.39 is 0 Å². The molecule has 0 bridgehead atoms. The summed E-state index contributed by atoms with van der Waals surface area (Å²) in [4.78, 5) is 29.6. The van der Waals surface area contributed by atoms with Crippen LogP contribution in [0, 0.1) is 5.92 Å². The van der Waals surface area contributed by atoms with Crippen molar-refractivity contribution in [3.05, 3.63) is 30.1 Å². The second-order valence-corrected chi connectivity index (χ2v) is 4.99. The van der Waals surface area contributed by atoms with Crippen LogP contribution in [0.4, 0.5) is 4.79 Å². The van der Waals surface area contributed by atoms with E-state index in [1.807, 2.05) is 18.2 Å². The molecule has 2 amide bonds. The summed E-state index contributed by atoms with van der Waals surface area (Å²) in [6, 6.07) is 5.49. The van der Waals surface area contributed by atoms with Crippen molar-refractivity contribution >= 4 is 12.0 Å². The molecule has 1 aromatic heterocycles. The number of carbonyl (C=O) groups excluding carboxylic acids is 2. The molecule has 114 valence electrons. The van der Waals surface area contributed by atoms with Crippen molar-refractivity contribution in [3.63, 3.8) is 0 Å². The van der Waals surface area contributed by atoms with Crippen LogP contribution in [0.1, 0.15) is 25.5 Å². The van der Waals surface area contributed by atoms with E-state index in [-0.39, 0.29) is 17.9 Å². The summed E-state index contributed by atoms with van der Waals surface area (Å²) in [5.74, 6) is -0.226. The zero-order chi connectivity index (χ0) is 15.1. The Labute approximate surface area is 124 Å². The van der Waals surface area contributed by atoms with Gasteiger partial charge < -0.3 is 15.0 Å². The van der Waals surface area contributed by atoms with Crippen molar-refractivity contribution < 1.29 is 14.3 Å². The molecule has 0 radical (unpaired) electrons. The van der Waals surface area contributed by atoms with Crippen LogP contribution in [0.2, 0.25) is 0 Å². The maximum atomic E-state index is 12.0. The van der Waals surface area contributed by atoms with Gasteiger partial charge in [-0.3, -0.25) is 9.78 Å². The molecule has 1 aliphatic rings. The van der Waals surface area contributed by atoms with Gasteiger partial charge >= 0.3 is 12.0 Å². The number of hydrogen-bond acceptors (Lipinski definition) is 4. The van der Waals surface area contributed by atoms with E-state index in [9.17, 15) is 9.59 Å². The normalized spacial score (nSPS) is 15.6. The van der Waals surface area contributed by atoms with Crippen LogP contribution in [0.25, 0.3) is 0 Å². The molecular formula is C15H21N3O3. The van der Waals surface area contributed by atoms with E-state index in [1.54, 1.807) is 18.0 Å². The summed E-state index contributed by atoms with van der Waals surface area (Å²) in [5, 5.41) is 2.85. The summed E-state index contributed by atoms with van der Waals surface area (Å²) < 4.78 is 5.02. The van der Waals surface area contributed by atoms with Crippen LogP contribution in [0.15, 0.2) is 24.4 Å². The molecule has 6 nitrogen and oxygen atoms in total. The number of piperidine rings is 1. The minimum absolute atomic E-state index is 0.0789. The van der Waals surface area contributed by atoms with Crippen LogP contribution in [0.3, 0.4) is 0 Å². The molecule has 0 aliphatic carbocycles. The Hall–Kier alpha value is -2.11. The highest BCUT2D eigenvalue weighted by molar-refractivity contribution is 5.76. The van der Waals surface area contributed by atoms with Crippen LogP contribution in [0.5, 0.6) is 0 Å². The molecule has 0 aromatic carbocycles. The van der Waals surface area contributed by atoms with Crippen molar-refractivity contribution in [3.8, 4) is 0 Å². The lowest BCUT2D eigenvalue weighted by atomic mass is 9.97. The topological polar surface area (TPSA) is 71.5 Å². The molecule has 2 rings (SSSR count). The van der Waals surface area contributed by atoms with Gasteiger partial charge in [-0.1, -0.05) is 6.07 Å². The Morgan fingerprint density at radius 3 is 2.76 bits per heavy atom. The highest BCUT2D eigenvalue weighted by Gasteiger charge is 2.27. The van der Waals surface area contributed by atoms with Gasteiger partial charge in [-0.15, -0.1) is 0 Å². The molecule has 1 aromatic rings. The van der Waals surface area contributed by atoms with Gasteiger partial charge in [0, 0.05) is 19.3 Å². The van der Waals surface area contributed by atoms with Gasteiger partial charge in [-0.25, -0.2) is 4.79 Å². The molecule has 1 fully saturated rings. The minimum atomic E-state index is -0.147. The van der Waals surface area contributed by atoms with E-state index in [4.69, 9.17) is 4.74 Å².